The Bertz CT molecular complexity index is 156. The number of ether oxygens (including phenoxy) is 1. The average molecular weight is 222 g/mol. The summed E-state index contributed by atoms with van der Waals surface area (Å²) in [5.41, 5.74) is 2.65. The van der Waals surface area contributed by atoms with Crippen LogP contribution in [0, 0.1) is 0 Å². The van der Waals surface area contributed by atoms with E-state index in [9.17, 15) is 8.78 Å². The number of hydrazine groups is 1. The number of hydrogen-bond acceptors (Lipinski definition) is 3. The number of nitrogens with two attached hydrogens (primary N) is 1. The average Bonchev–Trinajstić information content (AvgIpc) is 2.21. The molecule has 0 aromatic rings. The Hall–Kier alpha value is -0.520. The van der Waals surface area contributed by atoms with Crippen molar-refractivity contribution in [2.24, 2.45) is 5.84 Å². The first kappa shape index (κ1) is 14.5. The van der Waals surface area contributed by atoms with E-state index in [1.165, 1.54) is 0 Å². The van der Waals surface area contributed by atoms with Crippen LogP contribution in [0.3, 0.4) is 0 Å². The molecule has 0 saturated carbocycles. The van der Waals surface area contributed by atoms with Gasteiger partial charge in [-0.15, -0.1) is 6.58 Å². The molecule has 1 unspecified atom stereocenters. The zero-order valence-corrected chi connectivity index (χ0v) is 8.92. The largest absolute Gasteiger partial charge is 0.375 e. The summed E-state index contributed by atoms with van der Waals surface area (Å²) in [7, 11) is 0. The standard InChI is InChI=1S/C10H20F2N2O/c1-2-3-4-5-9(14-13)6-7-15-8-10(11)12/h2,9-10,14H,1,3-8,13H2. The third-order valence-electron chi connectivity index (χ3n) is 2.05. The van der Waals surface area contributed by atoms with E-state index in [0.717, 1.165) is 19.3 Å². The molecule has 3 N–H and O–H groups in total. The molecule has 0 aliphatic heterocycles. The van der Waals surface area contributed by atoms with Gasteiger partial charge in [0.1, 0.15) is 6.61 Å². The molecule has 3 nitrogen and oxygen atoms in total. The fraction of sp³-hybridized carbons (Fsp3) is 0.800. The Balaban J connectivity index is 3.39. The topological polar surface area (TPSA) is 47.3 Å². The van der Waals surface area contributed by atoms with Gasteiger partial charge in [0.25, 0.3) is 6.43 Å². The molecule has 0 radical (unpaired) electrons. The highest BCUT2D eigenvalue weighted by molar-refractivity contribution is 4.69. The maximum atomic E-state index is 11.7. The third-order valence-corrected chi connectivity index (χ3v) is 2.05. The fourth-order valence-electron chi connectivity index (χ4n) is 1.22. The molecule has 0 aliphatic rings. The molecule has 0 aromatic carbocycles. The molecule has 90 valence electrons. The number of hydrogen-bond donors (Lipinski definition) is 2. The molecule has 0 rings (SSSR count). The number of unbranched alkanes of at least 4 members (excludes halogenated alkanes) is 1. The summed E-state index contributed by atoms with van der Waals surface area (Å²) in [6.45, 7) is 3.44. The summed E-state index contributed by atoms with van der Waals surface area (Å²) in [5, 5.41) is 0. The number of halogens is 2. The van der Waals surface area contributed by atoms with E-state index in [1.807, 2.05) is 6.08 Å². The van der Waals surface area contributed by atoms with Gasteiger partial charge in [0.15, 0.2) is 0 Å². The molecular weight excluding hydrogens is 202 g/mol. The van der Waals surface area contributed by atoms with Crippen molar-refractivity contribution in [3.63, 3.8) is 0 Å². The minimum Gasteiger partial charge on any atom is -0.375 e. The van der Waals surface area contributed by atoms with Gasteiger partial charge in [-0.25, -0.2) is 8.78 Å². The second-order valence-corrected chi connectivity index (χ2v) is 3.34. The third kappa shape index (κ3) is 9.78. The number of alkyl halides is 2. The van der Waals surface area contributed by atoms with Gasteiger partial charge in [0.2, 0.25) is 0 Å². The van der Waals surface area contributed by atoms with Crippen LogP contribution >= 0.6 is 0 Å². The van der Waals surface area contributed by atoms with Gasteiger partial charge in [-0.3, -0.25) is 11.3 Å². The Morgan fingerprint density at radius 3 is 2.67 bits per heavy atom. The van der Waals surface area contributed by atoms with Crippen molar-refractivity contribution in [2.45, 2.75) is 38.2 Å². The lowest BCUT2D eigenvalue weighted by Gasteiger charge is -2.15. The normalized spacial score (nSPS) is 13.1. The van der Waals surface area contributed by atoms with Crippen LogP contribution in [0.25, 0.3) is 0 Å². The monoisotopic (exact) mass is 222 g/mol. The lowest BCUT2D eigenvalue weighted by molar-refractivity contribution is 0.0142. The van der Waals surface area contributed by atoms with Crippen LogP contribution in [0.5, 0.6) is 0 Å². The van der Waals surface area contributed by atoms with Gasteiger partial charge in [-0.1, -0.05) is 6.08 Å². The lowest BCUT2D eigenvalue weighted by atomic mass is 10.1. The minimum absolute atomic E-state index is 0.127. The summed E-state index contributed by atoms with van der Waals surface area (Å²) >= 11 is 0. The molecule has 0 saturated heterocycles. The predicted molar refractivity (Wildman–Crippen MR) is 56.6 cm³/mol. The van der Waals surface area contributed by atoms with E-state index in [4.69, 9.17) is 10.6 Å². The number of allylic oxidation sites excluding steroid dienone is 1. The van der Waals surface area contributed by atoms with E-state index >= 15 is 0 Å². The van der Waals surface area contributed by atoms with E-state index in [0.29, 0.717) is 13.0 Å². The highest BCUT2D eigenvalue weighted by atomic mass is 19.3. The molecular formula is C10H20F2N2O. The summed E-state index contributed by atoms with van der Waals surface area (Å²) in [6, 6.07) is 0.127. The molecule has 1 atom stereocenters. The van der Waals surface area contributed by atoms with Crippen molar-refractivity contribution in [3.05, 3.63) is 12.7 Å². The van der Waals surface area contributed by atoms with Gasteiger partial charge in [0.05, 0.1) is 0 Å². The fourth-order valence-corrected chi connectivity index (χ4v) is 1.22. The maximum Gasteiger partial charge on any atom is 0.261 e. The van der Waals surface area contributed by atoms with Gasteiger partial charge >= 0.3 is 0 Å². The van der Waals surface area contributed by atoms with Crippen molar-refractivity contribution in [1.82, 2.24) is 5.43 Å². The lowest BCUT2D eigenvalue weighted by Crippen LogP contribution is -2.36. The molecule has 0 aliphatic carbocycles. The van der Waals surface area contributed by atoms with E-state index in [1.54, 1.807) is 0 Å². The molecule has 0 bridgehead atoms. The molecule has 0 fully saturated rings. The Labute approximate surface area is 89.6 Å². The van der Waals surface area contributed by atoms with Crippen LogP contribution in [-0.4, -0.2) is 25.7 Å². The van der Waals surface area contributed by atoms with Crippen LogP contribution in [-0.2, 0) is 4.74 Å². The highest BCUT2D eigenvalue weighted by Gasteiger charge is 2.07. The van der Waals surface area contributed by atoms with Gasteiger partial charge in [-0.05, 0) is 25.7 Å². The molecule has 15 heavy (non-hydrogen) atoms. The maximum absolute atomic E-state index is 11.7. The predicted octanol–water partition coefficient (Wildman–Crippen LogP) is 1.85. The summed E-state index contributed by atoms with van der Waals surface area (Å²) in [4.78, 5) is 0. The van der Waals surface area contributed by atoms with Crippen LogP contribution in [0.15, 0.2) is 12.7 Å². The molecule has 0 aromatic heterocycles. The van der Waals surface area contributed by atoms with E-state index in [-0.39, 0.29) is 6.04 Å². The van der Waals surface area contributed by atoms with Crippen LogP contribution < -0.4 is 11.3 Å². The first-order valence-electron chi connectivity index (χ1n) is 5.13. The zero-order chi connectivity index (χ0) is 11.5. The van der Waals surface area contributed by atoms with Crippen LogP contribution in [0.2, 0.25) is 0 Å². The number of nitrogens with one attached hydrogen (secondary N) is 1. The molecule has 0 spiro atoms. The SMILES string of the molecule is C=CCCCC(CCOCC(F)F)NN. The summed E-state index contributed by atoms with van der Waals surface area (Å²) in [6.07, 6.45) is 2.94. The van der Waals surface area contributed by atoms with Gasteiger partial charge in [0, 0.05) is 12.6 Å². The highest BCUT2D eigenvalue weighted by Crippen LogP contribution is 2.05. The van der Waals surface area contributed by atoms with Crippen molar-refractivity contribution in [3.8, 4) is 0 Å². The van der Waals surface area contributed by atoms with Gasteiger partial charge in [-0.2, -0.15) is 0 Å². The first-order chi connectivity index (χ1) is 7.20. The second kappa shape index (κ2) is 10.0. The molecule has 0 amide bonds. The van der Waals surface area contributed by atoms with Crippen molar-refractivity contribution >= 4 is 0 Å². The summed E-state index contributed by atoms with van der Waals surface area (Å²) in [5.74, 6) is 5.32. The molecule has 5 heteroatoms. The van der Waals surface area contributed by atoms with Gasteiger partial charge < -0.3 is 4.74 Å². The van der Waals surface area contributed by atoms with E-state index < -0.39 is 13.0 Å². The second-order valence-electron chi connectivity index (χ2n) is 3.34. The first-order valence-corrected chi connectivity index (χ1v) is 5.13. The van der Waals surface area contributed by atoms with Crippen molar-refractivity contribution < 1.29 is 13.5 Å². The van der Waals surface area contributed by atoms with Crippen LogP contribution in [0.4, 0.5) is 8.78 Å². The van der Waals surface area contributed by atoms with Crippen molar-refractivity contribution in [2.75, 3.05) is 13.2 Å². The summed E-state index contributed by atoms with van der Waals surface area (Å²) < 4.78 is 28.2. The quantitative estimate of drug-likeness (QED) is 0.257. The Kier molecular flexibility index (Phi) is 9.67. The smallest absolute Gasteiger partial charge is 0.261 e. The van der Waals surface area contributed by atoms with E-state index in [2.05, 4.69) is 12.0 Å². The Morgan fingerprint density at radius 1 is 1.40 bits per heavy atom. The Morgan fingerprint density at radius 2 is 2.13 bits per heavy atom. The van der Waals surface area contributed by atoms with Crippen molar-refractivity contribution in [1.29, 1.82) is 0 Å². The number of rotatable bonds is 10. The minimum atomic E-state index is -2.39. The zero-order valence-electron chi connectivity index (χ0n) is 8.92. The van der Waals surface area contributed by atoms with Crippen LogP contribution in [0.1, 0.15) is 25.7 Å². The molecule has 0 heterocycles.